The summed E-state index contributed by atoms with van der Waals surface area (Å²) in [4.78, 5) is 16.6. The van der Waals surface area contributed by atoms with Crippen molar-refractivity contribution in [2.24, 2.45) is 0 Å². The van der Waals surface area contributed by atoms with Gasteiger partial charge in [-0.1, -0.05) is 0 Å². The molecule has 7 heteroatoms. The second kappa shape index (κ2) is 6.24. The Morgan fingerprint density at radius 1 is 1.36 bits per heavy atom. The second-order valence-corrected chi connectivity index (χ2v) is 5.56. The number of nitrogens with one attached hydrogen (secondary N) is 2. The van der Waals surface area contributed by atoms with E-state index in [-0.39, 0.29) is 18.3 Å². The third-order valence-corrected chi connectivity index (χ3v) is 3.82. The van der Waals surface area contributed by atoms with Gasteiger partial charge in [0.25, 0.3) is 5.91 Å². The van der Waals surface area contributed by atoms with Gasteiger partial charge in [0.05, 0.1) is 6.61 Å². The van der Waals surface area contributed by atoms with Gasteiger partial charge in [-0.05, 0) is 31.0 Å². The first-order valence-corrected chi connectivity index (χ1v) is 7.33. The number of oxazole rings is 1. The molecular formula is C15H18ClN3O3. The van der Waals surface area contributed by atoms with Gasteiger partial charge in [-0.25, -0.2) is 4.98 Å². The summed E-state index contributed by atoms with van der Waals surface area (Å²) in [7, 11) is 0. The Labute approximate surface area is 134 Å². The molecule has 22 heavy (non-hydrogen) atoms. The molecule has 1 aliphatic carbocycles. The Bertz CT molecular complexity index is 678. The highest BCUT2D eigenvalue weighted by atomic mass is 35.5. The molecule has 0 bridgehead atoms. The summed E-state index contributed by atoms with van der Waals surface area (Å²) in [5, 5.41) is 6.01. The maximum Gasteiger partial charge on any atom is 0.254 e. The van der Waals surface area contributed by atoms with E-state index in [1.54, 1.807) is 0 Å². The first-order valence-electron chi connectivity index (χ1n) is 7.33. The van der Waals surface area contributed by atoms with Crippen LogP contribution in [0, 0.1) is 0 Å². The van der Waals surface area contributed by atoms with Crippen LogP contribution < -0.4 is 10.6 Å². The van der Waals surface area contributed by atoms with Crippen molar-refractivity contribution in [1.82, 2.24) is 10.3 Å². The number of anilines is 1. The van der Waals surface area contributed by atoms with Gasteiger partial charge in [0.15, 0.2) is 11.5 Å². The Hall–Kier alpha value is -1.63. The van der Waals surface area contributed by atoms with E-state index in [0.29, 0.717) is 19.1 Å². The summed E-state index contributed by atoms with van der Waals surface area (Å²) in [5.41, 5.74) is 2.28. The monoisotopic (exact) mass is 323 g/mol. The molecule has 0 spiro atoms. The molecule has 1 saturated carbocycles. The molecule has 1 aromatic heterocycles. The molecule has 2 aromatic rings. The number of nitrogens with zero attached hydrogens (tertiary/aromatic N) is 1. The zero-order chi connectivity index (χ0) is 14.2. The lowest BCUT2D eigenvalue weighted by Crippen LogP contribution is -2.45. The lowest BCUT2D eigenvalue weighted by Gasteiger charge is -2.22. The first-order chi connectivity index (χ1) is 10.3. The van der Waals surface area contributed by atoms with Crippen LogP contribution >= 0.6 is 12.4 Å². The Morgan fingerprint density at radius 2 is 2.23 bits per heavy atom. The summed E-state index contributed by atoms with van der Waals surface area (Å²) in [6.07, 6.45) is 1.87. The third kappa shape index (κ3) is 3.09. The molecule has 1 amide bonds. The average Bonchev–Trinajstić information content (AvgIpc) is 3.28. The number of benzene rings is 1. The number of amides is 1. The molecule has 1 aromatic carbocycles. The molecule has 118 valence electrons. The fraction of sp³-hybridized carbons (Fsp3) is 0.467. The van der Waals surface area contributed by atoms with Gasteiger partial charge in [0.2, 0.25) is 0 Å². The number of hydrogen-bond acceptors (Lipinski definition) is 5. The van der Waals surface area contributed by atoms with E-state index in [1.807, 2.05) is 18.2 Å². The number of carbonyl (C=O) groups is 1. The Morgan fingerprint density at radius 3 is 2.95 bits per heavy atom. The zero-order valence-electron chi connectivity index (χ0n) is 12.0. The molecule has 2 N–H and O–H groups in total. The van der Waals surface area contributed by atoms with E-state index in [2.05, 4.69) is 15.6 Å². The van der Waals surface area contributed by atoms with Crippen molar-refractivity contribution >= 4 is 35.1 Å². The van der Waals surface area contributed by atoms with Gasteiger partial charge in [-0.15, -0.1) is 12.4 Å². The number of morpholine rings is 1. The van der Waals surface area contributed by atoms with Crippen molar-refractivity contribution in [3.05, 3.63) is 24.1 Å². The summed E-state index contributed by atoms with van der Waals surface area (Å²) in [6, 6.07) is 5.53. The third-order valence-electron chi connectivity index (χ3n) is 3.82. The predicted molar refractivity (Wildman–Crippen MR) is 84.5 cm³/mol. The number of hydrogen-bond donors (Lipinski definition) is 2. The molecule has 0 radical (unpaired) electrons. The fourth-order valence-electron chi connectivity index (χ4n) is 2.48. The fourth-order valence-corrected chi connectivity index (χ4v) is 2.48. The van der Waals surface area contributed by atoms with Gasteiger partial charge < -0.3 is 19.8 Å². The number of aromatic nitrogens is 1. The molecule has 4 rings (SSSR count). The van der Waals surface area contributed by atoms with Gasteiger partial charge in [-0.3, -0.25) is 4.79 Å². The minimum Gasteiger partial charge on any atom is -0.440 e. The van der Waals surface area contributed by atoms with E-state index in [0.717, 1.165) is 42.1 Å². The van der Waals surface area contributed by atoms with Crippen molar-refractivity contribution in [1.29, 1.82) is 0 Å². The van der Waals surface area contributed by atoms with E-state index in [9.17, 15) is 4.79 Å². The summed E-state index contributed by atoms with van der Waals surface area (Å²) >= 11 is 0. The van der Waals surface area contributed by atoms with Crippen molar-refractivity contribution in [2.45, 2.75) is 24.9 Å². The lowest BCUT2D eigenvalue weighted by molar-refractivity contribution is -0.128. The van der Waals surface area contributed by atoms with Crippen molar-refractivity contribution < 1.29 is 13.9 Å². The Kier molecular flexibility index (Phi) is 4.33. The molecule has 2 heterocycles. The number of fused-ring (bicyclic) bond motifs is 1. The van der Waals surface area contributed by atoms with Crippen LogP contribution in [0.15, 0.2) is 22.6 Å². The van der Waals surface area contributed by atoms with Crippen LogP contribution in [-0.4, -0.2) is 36.7 Å². The van der Waals surface area contributed by atoms with E-state index in [1.165, 1.54) is 0 Å². The van der Waals surface area contributed by atoms with Crippen LogP contribution in [0.3, 0.4) is 0 Å². The standard InChI is InChI=1S/C15H17N3O3.ClH/c19-14(13-8-16-5-6-20-13)17-10-3-4-12-11(7-10)18-15(21-12)9-1-2-9;/h3-4,7,9,13,16H,1-2,5-6,8H2,(H,17,19);1H. The molecule has 2 aliphatic rings. The highest BCUT2D eigenvalue weighted by molar-refractivity contribution is 5.95. The Balaban J connectivity index is 0.00000144. The minimum absolute atomic E-state index is 0. The van der Waals surface area contributed by atoms with Gasteiger partial charge in [0.1, 0.15) is 11.6 Å². The number of rotatable bonds is 3. The van der Waals surface area contributed by atoms with Crippen molar-refractivity contribution in [3.8, 4) is 0 Å². The highest BCUT2D eigenvalue weighted by Crippen LogP contribution is 2.40. The first kappa shape index (κ1) is 15.3. The van der Waals surface area contributed by atoms with Gasteiger partial charge in [-0.2, -0.15) is 0 Å². The van der Waals surface area contributed by atoms with Crippen LogP contribution in [0.2, 0.25) is 0 Å². The average molecular weight is 324 g/mol. The topological polar surface area (TPSA) is 76.4 Å². The predicted octanol–water partition coefficient (Wildman–Crippen LogP) is 2.05. The number of halogens is 1. The van der Waals surface area contributed by atoms with Crippen LogP contribution in [0.25, 0.3) is 11.1 Å². The van der Waals surface area contributed by atoms with Crippen molar-refractivity contribution in [3.63, 3.8) is 0 Å². The summed E-state index contributed by atoms with van der Waals surface area (Å²) in [5.74, 6) is 1.16. The zero-order valence-corrected chi connectivity index (χ0v) is 12.8. The molecule has 2 fully saturated rings. The largest absolute Gasteiger partial charge is 0.440 e. The maximum absolute atomic E-state index is 12.1. The normalized spacial score (nSPS) is 21.4. The van der Waals surface area contributed by atoms with E-state index in [4.69, 9.17) is 9.15 Å². The second-order valence-electron chi connectivity index (χ2n) is 5.56. The summed E-state index contributed by atoms with van der Waals surface area (Å²) in [6.45, 7) is 1.90. The lowest BCUT2D eigenvalue weighted by atomic mass is 10.2. The highest BCUT2D eigenvalue weighted by Gasteiger charge is 2.29. The molecule has 1 aliphatic heterocycles. The van der Waals surface area contributed by atoms with Crippen LogP contribution in [-0.2, 0) is 9.53 Å². The van der Waals surface area contributed by atoms with E-state index >= 15 is 0 Å². The quantitative estimate of drug-likeness (QED) is 0.904. The molecule has 1 saturated heterocycles. The number of carbonyl (C=O) groups excluding carboxylic acids is 1. The maximum atomic E-state index is 12.1. The van der Waals surface area contributed by atoms with E-state index < -0.39 is 6.10 Å². The van der Waals surface area contributed by atoms with Crippen LogP contribution in [0.1, 0.15) is 24.7 Å². The van der Waals surface area contributed by atoms with Crippen molar-refractivity contribution in [2.75, 3.05) is 25.0 Å². The van der Waals surface area contributed by atoms with Crippen LogP contribution in [0.4, 0.5) is 5.69 Å². The molecular weight excluding hydrogens is 306 g/mol. The smallest absolute Gasteiger partial charge is 0.254 e. The SMILES string of the molecule is Cl.O=C(Nc1ccc2oc(C3CC3)nc2c1)C1CNCCO1. The molecule has 1 unspecified atom stereocenters. The molecule has 1 atom stereocenters. The minimum atomic E-state index is -0.436. The molecule has 6 nitrogen and oxygen atoms in total. The summed E-state index contributed by atoms with van der Waals surface area (Å²) < 4.78 is 11.1. The van der Waals surface area contributed by atoms with Gasteiger partial charge in [0, 0.05) is 24.7 Å². The number of ether oxygens (including phenoxy) is 1. The van der Waals surface area contributed by atoms with Gasteiger partial charge >= 0.3 is 0 Å². The van der Waals surface area contributed by atoms with Crippen LogP contribution in [0.5, 0.6) is 0 Å².